The highest BCUT2D eigenvalue weighted by atomic mass is 16.5. The topological polar surface area (TPSA) is 183 Å². The summed E-state index contributed by atoms with van der Waals surface area (Å²) < 4.78 is 5.68. The molecule has 0 aromatic heterocycles. The smallest absolute Gasteiger partial charge is 0.255 e. The van der Waals surface area contributed by atoms with E-state index in [0.717, 1.165) is 24.0 Å². The van der Waals surface area contributed by atoms with E-state index in [-0.39, 0.29) is 29.7 Å². The van der Waals surface area contributed by atoms with Gasteiger partial charge in [0.15, 0.2) is 11.4 Å². The minimum Gasteiger partial charge on any atom is -0.508 e. The molecule has 0 unspecified atom stereocenters. The summed E-state index contributed by atoms with van der Waals surface area (Å²) >= 11 is 0. The molecule has 0 radical (unpaired) electrons. The van der Waals surface area contributed by atoms with Crippen molar-refractivity contribution in [2.24, 2.45) is 17.6 Å². The van der Waals surface area contributed by atoms with Crippen LogP contribution in [0.4, 0.5) is 0 Å². The molecular formula is C32H35N3O8. The summed E-state index contributed by atoms with van der Waals surface area (Å²) in [5.74, 6) is -6.22. The Morgan fingerprint density at radius 3 is 2.47 bits per heavy atom. The van der Waals surface area contributed by atoms with Crippen molar-refractivity contribution >= 4 is 23.2 Å². The summed E-state index contributed by atoms with van der Waals surface area (Å²) in [4.78, 5) is 41.1. The second kappa shape index (κ2) is 10.2. The van der Waals surface area contributed by atoms with Gasteiger partial charge in [0, 0.05) is 29.6 Å². The average molecular weight is 590 g/mol. The molecule has 0 spiro atoms. The second-order valence-corrected chi connectivity index (χ2v) is 12.1. The maximum atomic E-state index is 14.1. The lowest BCUT2D eigenvalue weighted by Crippen LogP contribution is -2.65. The number of ether oxygens (including phenoxy) is 1. The summed E-state index contributed by atoms with van der Waals surface area (Å²) in [6, 6.07) is 8.38. The van der Waals surface area contributed by atoms with Gasteiger partial charge in [-0.25, -0.2) is 0 Å². The Hall–Kier alpha value is -4.19. The molecule has 0 bridgehead atoms. The SMILES string of the molecule is COc1ccc(CNC2CC2)cc1-c1ccc(O)c2c1C[C@H]1C[C@H]3[C@H](N(C)C)C(=O)C(C(N)=O)=C(O)[C@@]3(O)C(=O)C1=C2O. The number of fused-ring (bicyclic) bond motifs is 3. The van der Waals surface area contributed by atoms with Crippen LogP contribution < -0.4 is 15.8 Å². The number of aliphatic hydroxyl groups is 3. The summed E-state index contributed by atoms with van der Waals surface area (Å²) in [5, 5.41) is 48.8. The van der Waals surface area contributed by atoms with Gasteiger partial charge in [-0.3, -0.25) is 19.3 Å². The number of methoxy groups -OCH3 is 1. The lowest BCUT2D eigenvalue weighted by molar-refractivity contribution is -0.153. The summed E-state index contributed by atoms with van der Waals surface area (Å²) in [6.45, 7) is 0.666. The Balaban J connectivity index is 1.51. The van der Waals surface area contributed by atoms with E-state index in [1.165, 1.54) is 11.0 Å². The summed E-state index contributed by atoms with van der Waals surface area (Å²) in [7, 11) is 4.70. The van der Waals surface area contributed by atoms with E-state index < -0.39 is 58.0 Å². The Morgan fingerprint density at radius 1 is 1.12 bits per heavy atom. The third-order valence-electron chi connectivity index (χ3n) is 9.33. The normalized spacial score (nSPS) is 26.8. The number of phenolic OH excluding ortho intramolecular Hbond substituents is 1. The van der Waals surface area contributed by atoms with Gasteiger partial charge >= 0.3 is 0 Å². The fraction of sp³-hybridized carbons (Fsp3) is 0.406. The highest BCUT2D eigenvalue weighted by Gasteiger charge is 2.64. The molecule has 11 heteroatoms. The van der Waals surface area contributed by atoms with Crippen molar-refractivity contribution in [2.75, 3.05) is 21.2 Å². The number of rotatable bonds is 7. The number of nitrogens with two attached hydrogens (primary N) is 1. The van der Waals surface area contributed by atoms with Crippen LogP contribution in [0.5, 0.6) is 11.5 Å². The van der Waals surface area contributed by atoms with E-state index in [1.54, 1.807) is 27.3 Å². The first-order valence-corrected chi connectivity index (χ1v) is 14.3. The number of carbonyl (C=O) groups is 3. The van der Waals surface area contributed by atoms with Gasteiger partial charge in [-0.05, 0) is 80.6 Å². The summed E-state index contributed by atoms with van der Waals surface area (Å²) in [5.41, 5.74) is 4.78. The van der Waals surface area contributed by atoms with Crippen molar-refractivity contribution in [1.29, 1.82) is 0 Å². The zero-order valence-electron chi connectivity index (χ0n) is 24.2. The number of aliphatic hydroxyl groups excluding tert-OH is 2. The Kier molecular flexibility index (Phi) is 6.87. The van der Waals surface area contributed by atoms with Crippen molar-refractivity contribution < 1.29 is 39.5 Å². The lowest BCUT2D eigenvalue weighted by atomic mass is 9.57. The van der Waals surface area contributed by atoms with Crippen LogP contribution in [0.1, 0.15) is 36.0 Å². The zero-order chi connectivity index (χ0) is 31.0. The molecule has 0 aliphatic heterocycles. The molecule has 4 aliphatic rings. The number of Topliss-reactive ketones (excluding diaryl/α,β-unsaturated/α-hetero) is 2. The third kappa shape index (κ3) is 4.33. The number of nitrogens with zero attached hydrogens (tertiary/aromatic N) is 1. The first-order valence-electron chi connectivity index (χ1n) is 14.3. The fourth-order valence-corrected chi connectivity index (χ4v) is 7.12. The maximum Gasteiger partial charge on any atom is 0.255 e. The molecule has 4 aliphatic carbocycles. The van der Waals surface area contributed by atoms with Gasteiger partial charge in [0.25, 0.3) is 5.91 Å². The van der Waals surface area contributed by atoms with Crippen molar-refractivity contribution in [3.63, 3.8) is 0 Å². The van der Waals surface area contributed by atoms with E-state index >= 15 is 0 Å². The minimum absolute atomic E-state index is 0.0172. The number of carbonyl (C=O) groups excluding carboxylic acids is 3. The molecule has 2 fully saturated rings. The Bertz CT molecular complexity index is 1640. The molecule has 226 valence electrons. The number of aromatic hydroxyl groups is 1. The van der Waals surface area contributed by atoms with E-state index in [9.17, 15) is 34.8 Å². The number of benzene rings is 2. The van der Waals surface area contributed by atoms with Crippen LogP contribution in [0.3, 0.4) is 0 Å². The van der Waals surface area contributed by atoms with Crippen LogP contribution in [0.2, 0.25) is 0 Å². The standard InChI is InChI=1S/C32H35N3O8/c1-35(2)26-20-12-15-11-19-17(18-10-14(4-9-22(18)43-3)13-34-16-5-6-16)7-8-21(36)24(19)27(37)23(15)29(39)32(20,42)30(40)25(28(26)38)31(33)41/h4,7-10,15-16,20,26,34,36-37,40,42H,5-6,11-13H2,1-3H3,(H2,33,41)/t15-,20-,26-,32-/m0/s1. The van der Waals surface area contributed by atoms with Crippen LogP contribution in [-0.4, -0.2) is 81.7 Å². The van der Waals surface area contributed by atoms with E-state index in [4.69, 9.17) is 10.5 Å². The number of hydrogen-bond donors (Lipinski definition) is 6. The van der Waals surface area contributed by atoms with Crippen molar-refractivity contribution in [3.8, 4) is 22.6 Å². The van der Waals surface area contributed by atoms with Crippen LogP contribution in [-0.2, 0) is 27.3 Å². The van der Waals surface area contributed by atoms with Crippen molar-refractivity contribution in [2.45, 2.75) is 49.9 Å². The predicted molar refractivity (Wildman–Crippen MR) is 156 cm³/mol. The van der Waals surface area contributed by atoms with Gasteiger partial charge in [-0.15, -0.1) is 0 Å². The van der Waals surface area contributed by atoms with Gasteiger partial charge in [0.05, 0.1) is 18.7 Å². The molecular weight excluding hydrogens is 554 g/mol. The molecule has 11 nitrogen and oxygen atoms in total. The largest absolute Gasteiger partial charge is 0.508 e. The molecule has 43 heavy (non-hydrogen) atoms. The maximum absolute atomic E-state index is 14.1. The monoisotopic (exact) mass is 589 g/mol. The number of hydrogen-bond acceptors (Lipinski definition) is 10. The van der Waals surface area contributed by atoms with Crippen molar-refractivity contribution in [3.05, 3.63) is 63.9 Å². The Labute approximate surface area is 248 Å². The first-order chi connectivity index (χ1) is 20.4. The second-order valence-electron chi connectivity index (χ2n) is 12.1. The minimum atomic E-state index is -2.68. The molecule has 2 aromatic carbocycles. The number of amides is 1. The lowest BCUT2D eigenvalue weighted by Gasteiger charge is -2.50. The summed E-state index contributed by atoms with van der Waals surface area (Å²) in [6.07, 6.45) is 2.50. The van der Waals surface area contributed by atoms with Crippen molar-refractivity contribution in [1.82, 2.24) is 10.2 Å². The van der Waals surface area contributed by atoms with Crippen LogP contribution in [0.25, 0.3) is 16.9 Å². The van der Waals surface area contributed by atoms with Gasteiger partial charge < -0.3 is 36.2 Å². The van der Waals surface area contributed by atoms with Crippen LogP contribution in [0, 0.1) is 11.8 Å². The number of nitrogens with one attached hydrogen (secondary N) is 1. The van der Waals surface area contributed by atoms with Gasteiger partial charge in [0.1, 0.15) is 28.6 Å². The van der Waals surface area contributed by atoms with Gasteiger partial charge in [-0.1, -0.05) is 12.1 Å². The number of ketones is 2. The molecule has 7 N–H and O–H groups in total. The molecule has 4 atom stereocenters. The predicted octanol–water partition coefficient (Wildman–Crippen LogP) is 1.89. The molecule has 2 saturated carbocycles. The third-order valence-corrected chi connectivity index (χ3v) is 9.33. The van der Waals surface area contributed by atoms with Gasteiger partial charge in [-0.2, -0.15) is 0 Å². The molecule has 2 aromatic rings. The van der Waals surface area contributed by atoms with E-state index in [2.05, 4.69) is 5.32 Å². The first kappa shape index (κ1) is 28.9. The average Bonchev–Trinajstić information content (AvgIpc) is 3.78. The van der Waals surface area contributed by atoms with Crippen LogP contribution >= 0.6 is 0 Å². The molecule has 6 rings (SSSR count). The van der Waals surface area contributed by atoms with E-state index in [0.29, 0.717) is 29.5 Å². The number of likely N-dealkylation sites (N-methyl/N-ethyl adjacent to an activating group) is 1. The molecule has 0 saturated heterocycles. The Morgan fingerprint density at radius 2 is 1.84 bits per heavy atom. The van der Waals surface area contributed by atoms with Crippen LogP contribution in [0.15, 0.2) is 47.2 Å². The highest BCUT2D eigenvalue weighted by Crippen LogP contribution is 2.54. The highest BCUT2D eigenvalue weighted by molar-refractivity contribution is 6.24. The molecule has 1 amide bonds. The fourth-order valence-electron chi connectivity index (χ4n) is 7.12. The molecule has 0 heterocycles. The zero-order valence-corrected chi connectivity index (χ0v) is 24.2. The number of phenols is 1. The number of primary amides is 1. The van der Waals surface area contributed by atoms with Gasteiger partial charge in [0.2, 0.25) is 5.78 Å². The quantitative estimate of drug-likeness (QED) is 0.261. The van der Waals surface area contributed by atoms with E-state index in [1.807, 2.05) is 18.2 Å².